The van der Waals surface area contributed by atoms with Gasteiger partial charge in [0.25, 0.3) is 0 Å². The van der Waals surface area contributed by atoms with Gasteiger partial charge < -0.3 is 14.6 Å². The number of amides is 1. The highest BCUT2D eigenvalue weighted by Crippen LogP contribution is 2.33. The molecule has 4 aromatic rings. The number of hydrogen-bond acceptors (Lipinski definition) is 7. The molecule has 5 rings (SSSR count). The largest absolute Gasteiger partial charge is 0.495 e. The molecule has 0 spiro atoms. The Labute approximate surface area is 238 Å². The average molecular weight is 550 g/mol. The van der Waals surface area contributed by atoms with Crippen LogP contribution in [0.15, 0.2) is 72.9 Å². The van der Waals surface area contributed by atoms with Gasteiger partial charge >= 0.3 is 5.97 Å². The van der Waals surface area contributed by atoms with Gasteiger partial charge in [-0.15, -0.1) is 0 Å². The molecule has 1 aliphatic rings. The first kappa shape index (κ1) is 27.8. The molecule has 1 fully saturated rings. The number of benzene rings is 3. The van der Waals surface area contributed by atoms with Crippen LogP contribution in [0.25, 0.3) is 21.9 Å². The van der Waals surface area contributed by atoms with Crippen LogP contribution >= 0.6 is 0 Å². The minimum Gasteiger partial charge on any atom is -0.495 e. The molecular formula is C33H31N3O5. The molecule has 3 aromatic carbocycles. The number of pyridine rings is 1. The van der Waals surface area contributed by atoms with E-state index < -0.39 is 5.97 Å². The Balaban J connectivity index is 1.49. The molecule has 0 atom stereocenters. The van der Waals surface area contributed by atoms with Gasteiger partial charge in [0.1, 0.15) is 17.6 Å². The van der Waals surface area contributed by atoms with E-state index in [1.54, 1.807) is 41.4 Å². The summed E-state index contributed by atoms with van der Waals surface area (Å²) in [7, 11) is 2.88. The molecule has 0 unspecified atom stereocenters. The molecule has 0 bridgehead atoms. The number of ether oxygens (including phenoxy) is 2. The van der Waals surface area contributed by atoms with Crippen molar-refractivity contribution in [3.8, 4) is 22.9 Å². The van der Waals surface area contributed by atoms with E-state index in [0.717, 1.165) is 27.5 Å². The summed E-state index contributed by atoms with van der Waals surface area (Å²) in [5.74, 6) is 0.365. The molecule has 1 heterocycles. The van der Waals surface area contributed by atoms with Crippen LogP contribution in [0.1, 0.15) is 47.2 Å². The van der Waals surface area contributed by atoms with Crippen LogP contribution < -0.4 is 9.64 Å². The van der Waals surface area contributed by atoms with E-state index in [-0.39, 0.29) is 17.9 Å². The molecule has 8 heteroatoms. The number of nitrogens with zero attached hydrogens (tertiary/aromatic N) is 3. The van der Waals surface area contributed by atoms with E-state index in [2.05, 4.69) is 11.1 Å². The zero-order valence-corrected chi connectivity index (χ0v) is 23.0. The van der Waals surface area contributed by atoms with Gasteiger partial charge in [-0.1, -0.05) is 30.3 Å². The average Bonchev–Trinajstić information content (AvgIpc) is 3.02. The first-order chi connectivity index (χ1) is 19.9. The molecule has 1 aromatic heterocycles. The smallest absolute Gasteiger partial charge is 0.337 e. The normalized spacial score (nSPS) is 16.5. The number of hydrogen-bond donors (Lipinski definition) is 1. The number of carbonyl (C=O) groups is 2. The van der Waals surface area contributed by atoms with Crippen molar-refractivity contribution in [3.05, 3.63) is 89.6 Å². The van der Waals surface area contributed by atoms with Gasteiger partial charge in [-0.3, -0.25) is 9.69 Å². The minimum atomic E-state index is -0.433. The second kappa shape index (κ2) is 12.2. The van der Waals surface area contributed by atoms with Crippen LogP contribution in [0.4, 0.5) is 5.82 Å². The lowest BCUT2D eigenvalue weighted by atomic mass is 9.86. The topological polar surface area (TPSA) is 113 Å². The maximum absolute atomic E-state index is 14.0. The summed E-state index contributed by atoms with van der Waals surface area (Å²) >= 11 is 0. The number of nitriles is 1. The van der Waals surface area contributed by atoms with Crippen molar-refractivity contribution < 1.29 is 24.2 Å². The third kappa shape index (κ3) is 5.91. The van der Waals surface area contributed by atoms with Crippen LogP contribution in [0.5, 0.6) is 5.75 Å². The Hall–Kier alpha value is -4.74. The van der Waals surface area contributed by atoms with Crippen LogP contribution in [-0.2, 0) is 16.1 Å². The van der Waals surface area contributed by atoms with Gasteiger partial charge in [-0.2, -0.15) is 5.26 Å². The number of carbonyl (C=O) groups excluding carboxylic acids is 2. The van der Waals surface area contributed by atoms with Crippen molar-refractivity contribution in [2.24, 2.45) is 5.92 Å². The predicted molar refractivity (Wildman–Crippen MR) is 155 cm³/mol. The summed E-state index contributed by atoms with van der Waals surface area (Å²) in [6.07, 6.45) is 3.69. The van der Waals surface area contributed by atoms with Gasteiger partial charge in [0, 0.05) is 17.5 Å². The number of aromatic nitrogens is 1. The Morgan fingerprint density at radius 3 is 2.39 bits per heavy atom. The number of methoxy groups -OCH3 is 2. The van der Waals surface area contributed by atoms with E-state index >= 15 is 0 Å². The lowest BCUT2D eigenvalue weighted by Crippen LogP contribution is -2.38. The lowest BCUT2D eigenvalue weighted by Gasteiger charge is -2.31. The van der Waals surface area contributed by atoms with Gasteiger partial charge in [-0.05, 0) is 84.2 Å². The molecule has 1 saturated carbocycles. The second-order valence-electron chi connectivity index (χ2n) is 10.2. The Morgan fingerprint density at radius 2 is 1.71 bits per heavy atom. The molecule has 0 saturated heterocycles. The summed E-state index contributed by atoms with van der Waals surface area (Å²) in [6.45, 7) is 0.301. The Morgan fingerprint density at radius 1 is 0.976 bits per heavy atom. The maximum atomic E-state index is 14.0. The van der Waals surface area contributed by atoms with E-state index in [0.29, 0.717) is 54.9 Å². The van der Waals surface area contributed by atoms with Crippen LogP contribution in [-0.4, -0.2) is 42.3 Å². The molecule has 1 aliphatic carbocycles. The quantitative estimate of drug-likeness (QED) is 0.296. The van der Waals surface area contributed by atoms with Crippen molar-refractivity contribution in [1.29, 1.82) is 5.26 Å². The van der Waals surface area contributed by atoms with Crippen molar-refractivity contribution in [2.45, 2.75) is 38.3 Å². The zero-order valence-electron chi connectivity index (χ0n) is 23.0. The number of rotatable bonds is 7. The molecular weight excluding hydrogens is 518 g/mol. The fourth-order valence-electron chi connectivity index (χ4n) is 5.38. The lowest BCUT2D eigenvalue weighted by molar-refractivity contribution is -0.124. The van der Waals surface area contributed by atoms with E-state index in [9.17, 15) is 20.0 Å². The van der Waals surface area contributed by atoms with E-state index in [4.69, 9.17) is 9.47 Å². The number of fused-ring (bicyclic) bond motifs is 1. The Bertz CT molecular complexity index is 1620. The van der Waals surface area contributed by atoms with Crippen LogP contribution in [0, 0.1) is 17.2 Å². The molecule has 0 radical (unpaired) electrons. The highest BCUT2D eigenvalue weighted by Gasteiger charge is 2.31. The predicted octanol–water partition coefficient (Wildman–Crippen LogP) is 5.65. The minimum absolute atomic E-state index is 0.0353. The zero-order chi connectivity index (χ0) is 28.9. The van der Waals surface area contributed by atoms with Gasteiger partial charge in [0.05, 0.1) is 38.0 Å². The third-order valence-electron chi connectivity index (χ3n) is 7.68. The number of anilines is 1. The number of aliphatic hydroxyl groups excluding tert-OH is 1. The summed E-state index contributed by atoms with van der Waals surface area (Å²) in [5.41, 5.74) is 3.62. The first-order valence-corrected chi connectivity index (χ1v) is 13.6. The van der Waals surface area contributed by atoms with E-state index in [1.165, 1.54) is 14.2 Å². The van der Waals surface area contributed by atoms with Crippen molar-refractivity contribution in [1.82, 2.24) is 4.98 Å². The highest BCUT2D eigenvalue weighted by molar-refractivity contribution is 6.04. The number of esters is 1. The van der Waals surface area contributed by atoms with Gasteiger partial charge in [0.15, 0.2) is 0 Å². The number of aliphatic hydroxyl groups is 1. The fraction of sp³-hybridized carbons (Fsp3) is 0.273. The molecule has 41 heavy (non-hydrogen) atoms. The van der Waals surface area contributed by atoms with Gasteiger partial charge in [0.2, 0.25) is 5.91 Å². The van der Waals surface area contributed by atoms with Crippen LogP contribution in [0.2, 0.25) is 0 Å². The molecule has 1 N–H and O–H groups in total. The highest BCUT2D eigenvalue weighted by atomic mass is 16.5. The first-order valence-electron chi connectivity index (χ1n) is 13.6. The second-order valence-corrected chi connectivity index (χ2v) is 10.2. The SMILES string of the molecule is COC(=O)c1ccc2c(N(Cc3ccc(-c4ccc(OC)c(C#N)c4)cc3)C(=O)C3CCC(O)CC3)nccc2c1. The third-order valence-corrected chi connectivity index (χ3v) is 7.68. The standard InChI is InChI=1S/C33H31N3O5/c1-40-30-14-10-24(17-27(30)19-34)22-5-3-21(4-6-22)20-36(32(38)23-7-11-28(37)12-8-23)31-29-13-9-26(33(39)41-2)18-25(29)15-16-35-31/h3-6,9-10,13-18,23,28,37H,7-8,11-12,20H2,1-2H3. The summed E-state index contributed by atoms with van der Waals surface area (Å²) in [4.78, 5) is 32.4. The summed E-state index contributed by atoms with van der Waals surface area (Å²) in [6, 6.07) is 22.6. The van der Waals surface area contributed by atoms with Crippen molar-refractivity contribution in [3.63, 3.8) is 0 Å². The molecule has 0 aliphatic heterocycles. The van der Waals surface area contributed by atoms with Crippen molar-refractivity contribution >= 4 is 28.5 Å². The van der Waals surface area contributed by atoms with E-state index in [1.807, 2.05) is 36.4 Å². The maximum Gasteiger partial charge on any atom is 0.337 e. The summed E-state index contributed by atoms with van der Waals surface area (Å²) in [5, 5.41) is 21.0. The molecule has 208 valence electrons. The summed E-state index contributed by atoms with van der Waals surface area (Å²) < 4.78 is 10.1. The van der Waals surface area contributed by atoms with Crippen LogP contribution in [0.3, 0.4) is 0 Å². The molecule has 1 amide bonds. The molecule has 8 nitrogen and oxygen atoms in total. The Kier molecular flexibility index (Phi) is 8.27. The van der Waals surface area contributed by atoms with Gasteiger partial charge in [-0.25, -0.2) is 9.78 Å². The van der Waals surface area contributed by atoms with Crippen molar-refractivity contribution in [2.75, 3.05) is 19.1 Å². The monoisotopic (exact) mass is 549 g/mol. The fourth-order valence-corrected chi connectivity index (χ4v) is 5.38.